The number of ether oxygens (including phenoxy) is 3. The van der Waals surface area contributed by atoms with E-state index in [2.05, 4.69) is 51.0 Å². The Balaban J connectivity index is 1.80. The monoisotopic (exact) mass is 484 g/mol. The van der Waals surface area contributed by atoms with Crippen LogP contribution in [-0.2, 0) is 23.4 Å². The number of hydrogen-bond donors (Lipinski definition) is 1. The topological polar surface area (TPSA) is 82.7 Å². The summed E-state index contributed by atoms with van der Waals surface area (Å²) in [6.45, 7) is 14.7. The second-order valence-corrected chi connectivity index (χ2v) is 15.8. The van der Waals surface area contributed by atoms with Gasteiger partial charge < -0.3 is 23.6 Å². The number of nitrogens with zero attached hydrogens (tertiary/aromatic N) is 1. The van der Waals surface area contributed by atoms with Crippen molar-refractivity contribution in [3.8, 4) is 0 Å². The van der Waals surface area contributed by atoms with E-state index in [4.69, 9.17) is 23.6 Å². The summed E-state index contributed by atoms with van der Waals surface area (Å²) in [6.07, 6.45) is 0.489. The van der Waals surface area contributed by atoms with Crippen molar-refractivity contribution in [2.75, 3.05) is 7.11 Å². The third-order valence-corrected chi connectivity index (χ3v) is 11.6. The van der Waals surface area contributed by atoms with E-state index in [1.165, 1.54) is 7.11 Å². The number of carbonyl (C=O) groups is 1. The first-order valence-electron chi connectivity index (χ1n) is 11.8. The summed E-state index contributed by atoms with van der Waals surface area (Å²) in [7, 11) is -0.843. The second kappa shape index (κ2) is 8.75. The van der Waals surface area contributed by atoms with Crippen LogP contribution in [0.3, 0.4) is 0 Å². The number of fused-ring (bicyclic) bond motifs is 3. The van der Waals surface area contributed by atoms with Crippen LogP contribution in [0.2, 0.25) is 18.1 Å². The average Bonchev–Trinajstić information content (AvgIpc) is 3.28. The number of para-hydroxylation sites is 1. The van der Waals surface area contributed by atoms with Crippen LogP contribution in [0, 0.1) is 0 Å². The second-order valence-electron chi connectivity index (χ2n) is 11.0. The molecular weight excluding hydrogens is 448 g/mol. The van der Waals surface area contributed by atoms with Crippen LogP contribution in [0.4, 0.5) is 0 Å². The van der Waals surface area contributed by atoms with Gasteiger partial charge in [0.2, 0.25) is 0 Å². The summed E-state index contributed by atoms with van der Waals surface area (Å²) in [5.41, 5.74) is 2.81. The highest BCUT2D eigenvalue weighted by Gasteiger charge is 2.48. The van der Waals surface area contributed by atoms with Gasteiger partial charge in [-0.3, -0.25) is 4.98 Å². The number of esters is 1. The van der Waals surface area contributed by atoms with E-state index in [0.29, 0.717) is 6.42 Å². The van der Waals surface area contributed by atoms with Crippen molar-refractivity contribution in [3.63, 3.8) is 0 Å². The molecule has 1 aromatic carbocycles. The third-order valence-electron chi connectivity index (χ3n) is 7.07. The predicted octanol–water partition coefficient (Wildman–Crippen LogP) is 5.86. The Hall–Kier alpha value is -2.26. The number of pyridine rings is 1. The van der Waals surface area contributed by atoms with Crippen LogP contribution < -0.4 is 0 Å². The molecule has 1 fully saturated rings. The van der Waals surface area contributed by atoms with Gasteiger partial charge in [0.05, 0.1) is 24.4 Å². The first-order chi connectivity index (χ1) is 15.8. The fourth-order valence-electron chi connectivity index (χ4n) is 4.32. The highest BCUT2D eigenvalue weighted by molar-refractivity contribution is 6.74. The zero-order valence-electron chi connectivity index (χ0n) is 21.4. The number of hydrogen-bond acceptors (Lipinski definition) is 6. The summed E-state index contributed by atoms with van der Waals surface area (Å²) in [6, 6.07) is 10.2. The molecule has 3 aromatic rings. The molecule has 0 saturated carbocycles. The molecular formula is C26H36N2O5Si. The normalized spacial score (nSPS) is 21.8. The Labute approximate surface area is 202 Å². The first-order valence-corrected chi connectivity index (χ1v) is 14.7. The molecule has 1 saturated heterocycles. The molecule has 0 spiro atoms. The fraction of sp³-hybridized carbons (Fsp3) is 0.538. The van der Waals surface area contributed by atoms with Gasteiger partial charge in [0, 0.05) is 28.9 Å². The number of nitrogens with one attached hydrogen (secondary N) is 1. The van der Waals surface area contributed by atoms with Gasteiger partial charge in [0.1, 0.15) is 6.10 Å². The molecule has 3 heterocycles. The van der Waals surface area contributed by atoms with Crippen molar-refractivity contribution >= 4 is 36.1 Å². The quantitative estimate of drug-likeness (QED) is 0.348. The lowest BCUT2D eigenvalue weighted by Gasteiger charge is -2.39. The van der Waals surface area contributed by atoms with Crippen LogP contribution in [0.15, 0.2) is 36.5 Å². The van der Waals surface area contributed by atoms with Crippen LogP contribution in [0.25, 0.3) is 21.8 Å². The van der Waals surface area contributed by atoms with Gasteiger partial charge in [0.15, 0.2) is 20.2 Å². The zero-order valence-corrected chi connectivity index (χ0v) is 22.4. The Kier molecular flexibility index (Phi) is 6.39. The summed E-state index contributed by atoms with van der Waals surface area (Å²) in [5.74, 6) is -1.34. The maximum Gasteiger partial charge on any atom is 0.337 e. The van der Waals surface area contributed by atoms with Crippen molar-refractivity contribution in [1.29, 1.82) is 0 Å². The third kappa shape index (κ3) is 4.64. The zero-order chi connectivity index (χ0) is 24.9. The molecule has 1 N–H and O–H groups in total. The van der Waals surface area contributed by atoms with Gasteiger partial charge in [-0.15, -0.1) is 0 Å². The van der Waals surface area contributed by atoms with E-state index in [1.807, 2.05) is 38.2 Å². The molecule has 0 aliphatic carbocycles. The number of methoxy groups -OCH3 is 1. The molecule has 3 atom stereocenters. The van der Waals surface area contributed by atoms with E-state index < -0.39 is 38.4 Å². The fourth-order valence-corrected chi connectivity index (χ4v) is 5.59. The molecule has 184 valence electrons. The molecule has 2 aromatic heterocycles. The van der Waals surface area contributed by atoms with Gasteiger partial charge in [-0.1, -0.05) is 39.0 Å². The molecule has 1 aliphatic rings. The Morgan fingerprint density at radius 2 is 1.88 bits per heavy atom. The van der Waals surface area contributed by atoms with Crippen LogP contribution in [0.1, 0.15) is 52.8 Å². The standard InChI is InChI=1S/C26H36N2O5Si/c1-25(2,3)34(7,8)33-19(15-20-23(24(29)30-6)32-26(4,5)31-20)22-21-17(13-14-27-22)16-11-9-10-12-18(16)28-21/h9-14,19-20,23,28H,15H2,1-8H3. The average molecular weight is 485 g/mol. The maximum atomic E-state index is 12.5. The SMILES string of the molecule is COC(=O)C1OC(C)(C)OC1CC(O[Si](C)(C)C(C)(C)C)c1nccc2c1[nH]c1ccccc12. The molecule has 1 aliphatic heterocycles. The first kappa shape index (κ1) is 24.8. The molecule has 0 bridgehead atoms. The smallest absolute Gasteiger partial charge is 0.337 e. The Bertz CT molecular complexity index is 1200. The van der Waals surface area contributed by atoms with Crippen molar-refractivity contribution in [3.05, 3.63) is 42.2 Å². The minimum atomic E-state index is -2.21. The molecule has 7 nitrogen and oxygen atoms in total. The van der Waals surface area contributed by atoms with Crippen LogP contribution in [0.5, 0.6) is 0 Å². The Morgan fingerprint density at radius 1 is 1.18 bits per heavy atom. The largest absolute Gasteiger partial charge is 0.467 e. The Morgan fingerprint density at radius 3 is 2.56 bits per heavy atom. The molecule has 0 radical (unpaired) electrons. The van der Waals surface area contributed by atoms with Crippen LogP contribution in [-0.4, -0.2) is 49.4 Å². The minimum absolute atomic E-state index is 0.00630. The van der Waals surface area contributed by atoms with E-state index in [0.717, 1.165) is 27.5 Å². The van der Waals surface area contributed by atoms with E-state index in [9.17, 15) is 4.79 Å². The molecule has 3 unspecified atom stereocenters. The summed E-state index contributed by atoms with van der Waals surface area (Å²) >= 11 is 0. The highest BCUT2D eigenvalue weighted by atomic mass is 28.4. The van der Waals surface area contributed by atoms with Gasteiger partial charge in [-0.2, -0.15) is 0 Å². The van der Waals surface area contributed by atoms with Gasteiger partial charge >= 0.3 is 5.97 Å². The minimum Gasteiger partial charge on any atom is -0.467 e. The van der Waals surface area contributed by atoms with E-state index in [1.54, 1.807) is 0 Å². The number of aromatic nitrogens is 2. The molecule has 4 rings (SSSR count). The van der Waals surface area contributed by atoms with Crippen LogP contribution >= 0.6 is 0 Å². The van der Waals surface area contributed by atoms with Gasteiger partial charge in [0.25, 0.3) is 0 Å². The number of rotatable bonds is 6. The van der Waals surface area contributed by atoms with Crippen molar-refractivity contribution in [2.45, 2.75) is 83.3 Å². The number of benzene rings is 1. The highest BCUT2D eigenvalue weighted by Crippen LogP contribution is 2.43. The summed E-state index contributed by atoms with van der Waals surface area (Å²) in [4.78, 5) is 20.9. The molecule has 34 heavy (non-hydrogen) atoms. The lowest BCUT2D eigenvalue weighted by atomic mass is 10.0. The maximum absolute atomic E-state index is 12.5. The van der Waals surface area contributed by atoms with E-state index in [-0.39, 0.29) is 5.04 Å². The molecule has 0 amide bonds. The summed E-state index contributed by atoms with van der Waals surface area (Å²) < 4.78 is 24.1. The van der Waals surface area contributed by atoms with E-state index >= 15 is 0 Å². The lowest BCUT2D eigenvalue weighted by molar-refractivity contribution is -0.168. The van der Waals surface area contributed by atoms with Gasteiger partial charge in [-0.25, -0.2) is 4.79 Å². The lowest BCUT2D eigenvalue weighted by Crippen LogP contribution is -2.43. The number of aromatic amines is 1. The van der Waals surface area contributed by atoms with Crippen molar-refractivity contribution in [1.82, 2.24) is 9.97 Å². The van der Waals surface area contributed by atoms with Crippen molar-refractivity contribution in [2.24, 2.45) is 0 Å². The van der Waals surface area contributed by atoms with Crippen molar-refractivity contribution < 1.29 is 23.4 Å². The number of carbonyl (C=O) groups excluding carboxylic acids is 1. The summed E-state index contributed by atoms with van der Waals surface area (Å²) in [5, 5.41) is 2.23. The number of H-pyrrole nitrogens is 1. The molecule has 8 heteroatoms. The predicted molar refractivity (Wildman–Crippen MR) is 135 cm³/mol. The van der Waals surface area contributed by atoms with Gasteiger partial charge in [-0.05, 0) is 44.1 Å².